The smallest absolute Gasteiger partial charge is 0.416 e. The number of nitrogens with two attached hydrogens (primary N) is 1. The summed E-state index contributed by atoms with van der Waals surface area (Å²) in [6.45, 7) is 1.08. The third-order valence-electron chi connectivity index (χ3n) is 1.79. The molecule has 0 aromatic heterocycles. The molecule has 0 fully saturated rings. The molecular formula is C11H12F3NO2. The average molecular weight is 249 g/mol. The maximum Gasteiger partial charge on any atom is 0.416 e. The number of amides is 1. The third kappa shape index (κ3) is 4.34. The van der Waals surface area contributed by atoms with Crippen molar-refractivity contribution in [2.75, 3.05) is 0 Å². The molecule has 0 heterocycles. The van der Waals surface area contributed by atoms with E-state index in [1.165, 1.54) is 6.07 Å². The maximum absolute atomic E-state index is 12.5. The number of ether oxygens (including phenoxy) is 1. The van der Waals surface area contributed by atoms with Crippen molar-refractivity contribution in [1.82, 2.24) is 0 Å². The highest BCUT2D eigenvalue weighted by Gasteiger charge is 2.30. The molecule has 94 valence electrons. The van der Waals surface area contributed by atoms with E-state index in [0.29, 0.717) is 6.07 Å². The molecule has 0 spiro atoms. The van der Waals surface area contributed by atoms with Crippen LogP contribution in [0.1, 0.15) is 21.6 Å². The van der Waals surface area contributed by atoms with Gasteiger partial charge in [-0.25, -0.2) is 0 Å². The number of hydrogen-bond acceptors (Lipinski definition) is 2. The van der Waals surface area contributed by atoms with E-state index in [-0.39, 0.29) is 5.75 Å². The Bertz CT molecular complexity index is 477. The lowest BCUT2D eigenvalue weighted by Gasteiger charge is -2.14. The Morgan fingerprint density at radius 1 is 1.65 bits per heavy atom. The van der Waals surface area contributed by atoms with E-state index in [4.69, 9.17) is 13.2 Å². The van der Waals surface area contributed by atoms with Crippen molar-refractivity contribution in [2.24, 2.45) is 5.73 Å². The van der Waals surface area contributed by atoms with Gasteiger partial charge in [-0.3, -0.25) is 4.79 Å². The molecule has 0 aliphatic heterocycles. The lowest BCUT2D eigenvalue weighted by atomic mass is 10.2. The Hall–Kier alpha value is -1.72. The first-order chi connectivity index (χ1) is 8.54. The minimum Gasteiger partial charge on any atom is -0.490 e. The molecule has 17 heavy (non-hydrogen) atoms. The molecule has 0 radical (unpaired) electrons. The molecule has 1 amide bonds. The number of carbonyl (C=O) groups excluding carboxylic acids is 1. The predicted molar refractivity (Wildman–Crippen MR) is 55.3 cm³/mol. The van der Waals surface area contributed by atoms with E-state index in [2.05, 4.69) is 0 Å². The molecule has 0 aliphatic rings. The molecule has 1 rings (SSSR count). The van der Waals surface area contributed by atoms with Gasteiger partial charge in [0.05, 0.1) is 13.3 Å². The molecule has 3 nitrogen and oxygen atoms in total. The van der Waals surface area contributed by atoms with Crippen molar-refractivity contribution in [3.05, 3.63) is 29.8 Å². The van der Waals surface area contributed by atoms with Crippen LogP contribution < -0.4 is 10.5 Å². The molecule has 1 aromatic carbocycles. The van der Waals surface area contributed by atoms with Crippen LogP contribution in [0.4, 0.5) is 13.2 Å². The highest BCUT2D eigenvalue weighted by Crippen LogP contribution is 2.31. The standard InChI is InChI=1S/C11H12F3NO2/c1-7(5-10(15)16)17-9-4-2-3-8(6-9)11(12,13)14/h2-4,6-7H,5H2,1H3,(H2,15,16)/t7-/m1/s1/i5D,7D/t5-,7+/m0. The van der Waals surface area contributed by atoms with E-state index in [9.17, 15) is 18.0 Å². The molecule has 0 aliphatic carbocycles. The molecule has 0 saturated heterocycles. The molecule has 2 atom stereocenters. The molecular weight excluding hydrogens is 235 g/mol. The van der Waals surface area contributed by atoms with Gasteiger partial charge < -0.3 is 10.5 Å². The van der Waals surface area contributed by atoms with Crippen molar-refractivity contribution in [2.45, 2.75) is 25.6 Å². The number of benzene rings is 1. The average Bonchev–Trinajstić information content (AvgIpc) is 2.26. The summed E-state index contributed by atoms with van der Waals surface area (Å²) < 4.78 is 57.3. The summed E-state index contributed by atoms with van der Waals surface area (Å²) in [6.07, 6.45) is -8.33. The van der Waals surface area contributed by atoms with E-state index < -0.39 is 30.1 Å². The van der Waals surface area contributed by atoms with Crippen LogP contribution in [0.15, 0.2) is 24.3 Å². The zero-order valence-corrected chi connectivity index (χ0v) is 8.91. The topological polar surface area (TPSA) is 52.3 Å². The molecule has 0 saturated carbocycles. The minimum atomic E-state index is -4.54. The van der Waals surface area contributed by atoms with Gasteiger partial charge in [0.15, 0.2) is 0 Å². The SMILES string of the molecule is [2H][C@H](C(N)=O)[C@@]([2H])(C)Oc1cccc(C(F)(F)F)c1. The Balaban J connectivity index is 2.97. The molecule has 6 heteroatoms. The van der Waals surface area contributed by atoms with Gasteiger partial charge in [0.1, 0.15) is 11.8 Å². The van der Waals surface area contributed by atoms with Crippen molar-refractivity contribution < 1.29 is 25.4 Å². The van der Waals surface area contributed by atoms with E-state index in [0.717, 1.165) is 19.1 Å². The third-order valence-corrected chi connectivity index (χ3v) is 1.79. The Labute approximate surface area is 99.2 Å². The van der Waals surface area contributed by atoms with Crippen LogP contribution in [0.5, 0.6) is 5.75 Å². The van der Waals surface area contributed by atoms with E-state index in [1.54, 1.807) is 0 Å². The van der Waals surface area contributed by atoms with Gasteiger partial charge in [0.25, 0.3) is 0 Å². The molecule has 1 aromatic rings. The van der Waals surface area contributed by atoms with Crippen molar-refractivity contribution in [3.63, 3.8) is 0 Å². The van der Waals surface area contributed by atoms with Gasteiger partial charge in [0.2, 0.25) is 5.91 Å². The van der Waals surface area contributed by atoms with Crippen LogP contribution >= 0.6 is 0 Å². The fourth-order valence-electron chi connectivity index (χ4n) is 1.15. The first kappa shape index (κ1) is 10.4. The van der Waals surface area contributed by atoms with Crippen molar-refractivity contribution >= 4 is 5.91 Å². The highest BCUT2D eigenvalue weighted by atomic mass is 19.4. The first-order valence-corrected chi connectivity index (χ1v) is 4.62. The molecule has 0 unspecified atom stereocenters. The summed E-state index contributed by atoms with van der Waals surface area (Å²) in [7, 11) is 0. The van der Waals surface area contributed by atoms with E-state index >= 15 is 0 Å². The summed E-state index contributed by atoms with van der Waals surface area (Å²) in [6, 6.07) is 3.86. The summed E-state index contributed by atoms with van der Waals surface area (Å²) in [5.74, 6) is -1.35. The van der Waals surface area contributed by atoms with Crippen molar-refractivity contribution in [1.29, 1.82) is 0 Å². The normalized spacial score (nSPS) is 18.6. The second-order valence-corrected chi connectivity index (χ2v) is 3.29. The van der Waals surface area contributed by atoms with Crippen LogP contribution in [0.25, 0.3) is 0 Å². The number of primary amides is 1. The quantitative estimate of drug-likeness (QED) is 0.890. The zero-order valence-electron chi connectivity index (χ0n) is 10.9. The molecule has 2 N–H and O–H groups in total. The highest BCUT2D eigenvalue weighted by molar-refractivity contribution is 5.74. The zero-order chi connectivity index (χ0) is 14.8. The number of alkyl halides is 3. The van der Waals surface area contributed by atoms with Gasteiger partial charge in [0, 0.05) is 1.37 Å². The number of carbonyl (C=O) groups is 1. The maximum atomic E-state index is 12.5. The number of rotatable bonds is 4. The van der Waals surface area contributed by atoms with Crippen LogP contribution in [-0.4, -0.2) is 12.0 Å². The number of hydrogen-bond donors (Lipinski definition) is 1. The van der Waals surface area contributed by atoms with E-state index in [1.807, 2.05) is 0 Å². The predicted octanol–water partition coefficient (Wildman–Crippen LogP) is 2.35. The lowest BCUT2D eigenvalue weighted by molar-refractivity contribution is -0.137. The second-order valence-electron chi connectivity index (χ2n) is 3.29. The van der Waals surface area contributed by atoms with Gasteiger partial charge in [-0.2, -0.15) is 13.2 Å². The Morgan fingerprint density at radius 3 is 2.82 bits per heavy atom. The summed E-state index contributed by atoms with van der Waals surface area (Å²) in [4.78, 5) is 10.8. The van der Waals surface area contributed by atoms with Crippen LogP contribution in [-0.2, 0) is 11.0 Å². The Kier molecular flexibility index (Phi) is 3.11. The van der Waals surface area contributed by atoms with Gasteiger partial charge in [-0.15, -0.1) is 0 Å². The summed E-state index contributed by atoms with van der Waals surface area (Å²) >= 11 is 0. The largest absolute Gasteiger partial charge is 0.490 e. The van der Waals surface area contributed by atoms with Crippen LogP contribution in [0.3, 0.4) is 0 Å². The van der Waals surface area contributed by atoms with Gasteiger partial charge in [-0.05, 0) is 25.1 Å². The lowest BCUT2D eigenvalue weighted by Crippen LogP contribution is -2.22. The summed E-state index contributed by atoms with van der Waals surface area (Å²) in [5, 5.41) is 0. The van der Waals surface area contributed by atoms with Gasteiger partial charge >= 0.3 is 6.18 Å². The minimum absolute atomic E-state index is 0.258. The number of halogens is 3. The second kappa shape index (κ2) is 5.07. The summed E-state index contributed by atoms with van der Waals surface area (Å²) in [5.41, 5.74) is 3.93. The van der Waals surface area contributed by atoms with Crippen molar-refractivity contribution in [3.8, 4) is 5.75 Å². The monoisotopic (exact) mass is 249 g/mol. The Morgan fingerprint density at radius 2 is 2.29 bits per heavy atom. The van der Waals surface area contributed by atoms with Crippen LogP contribution in [0.2, 0.25) is 0 Å². The fourth-order valence-corrected chi connectivity index (χ4v) is 1.15. The van der Waals surface area contributed by atoms with Gasteiger partial charge in [-0.1, -0.05) is 6.07 Å². The molecule has 0 bridgehead atoms. The first-order valence-electron chi connectivity index (χ1n) is 5.69. The van der Waals surface area contributed by atoms with Crippen LogP contribution in [0, 0.1) is 0 Å². The fraction of sp³-hybridized carbons (Fsp3) is 0.364.